The predicted molar refractivity (Wildman–Crippen MR) is 145 cm³/mol. The van der Waals surface area contributed by atoms with Gasteiger partial charge in [0.1, 0.15) is 6.04 Å². The van der Waals surface area contributed by atoms with Gasteiger partial charge in [-0.15, -0.1) is 0 Å². The normalized spacial score (nSPS) is 12.2. The minimum absolute atomic E-state index is 0.133. The third-order valence-corrected chi connectivity index (χ3v) is 6.43. The molecule has 0 fully saturated rings. The van der Waals surface area contributed by atoms with Gasteiger partial charge >= 0.3 is 0 Å². The first-order valence-corrected chi connectivity index (χ1v) is 12.2. The van der Waals surface area contributed by atoms with Gasteiger partial charge in [-0.1, -0.05) is 74.0 Å². The molecule has 184 valence electrons. The molecule has 0 aliphatic rings. The lowest BCUT2D eigenvalue weighted by Crippen LogP contribution is -2.48. The van der Waals surface area contributed by atoms with Crippen molar-refractivity contribution in [3.63, 3.8) is 0 Å². The number of hydrogen-bond donors (Lipinski definition) is 2. The fraction of sp³-hybridized carbons (Fsp3) is 0.207. The van der Waals surface area contributed by atoms with Crippen molar-refractivity contribution in [3.05, 3.63) is 106 Å². The lowest BCUT2D eigenvalue weighted by atomic mass is 10.0. The second-order valence-electron chi connectivity index (χ2n) is 9.02. The third kappa shape index (κ3) is 5.66. The highest BCUT2D eigenvalue weighted by molar-refractivity contribution is 6.30. The molecule has 1 aromatic heterocycles. The number of carbonyl (C=O) groups is 2. The Bertz CT molecular complexity index is 1390. The van der Waals surface area contributed by atoms with Gasteiger partial charge in [-0.3, -0.25) is 9.59 Å². The van der Waals surface area contributed by atoms with Crippen LogP contribution in [0.4, 0.5) is 0 Å². The Morgan fingerprint density at radius 1 is 0.972 bits per heavy atom. The first-order chi connectivity index (χ1) is 17.3. The number of amides is 2. The van der Waals surface area contributed by atoms with Crippen LogP contribution in [0.5, 0.6) is 0 Å². The summed E-state index contributed by atoms with van der Waals surface area (Å²) in [4.78, 5) is 25.6. The Hall–Kier alpha value is -3.90. The second kappa shape index (κ2) is 11.2. The molecule has 4 aromatic rings. The minimum Gasteiger partial charge on any atom is -0.340 e. The number of halogens is 1. The topological polar surface area (TPSA) is 75.5 Å². The van der Waals surface area contributed by atoms with Crippen LogP contribution in [0.3, 0.4) is 0 Å². The van der Waals surface area contributed by atoms with Crippen molar-refractivity contribution in [1.82, 2.24) is 15.3 Å². The van der Waals surface area contributed by atoms with Crippen molar-refractivity contribution >= 4 is 40.5 Å². The highest BCUT2D eigenvalue weighted by Crippen LogP contribution is 2.25. The molecule has 2 N–H and O–H groups in total. The third-order valence-electron chi connectivity index (χ3n) is 6.17. The quantitative estimate of drug-likeness (QED) is 0.245. The van der Waals surface area contributed by atoms with Gasteiger partial charge < -0.3 is 9.88 Å². The lowest BCUT2D eigenvalue weighted by Gasteiger charge is -2.20. The van der Waals surface area contributed by atoms with Crippen LogP contribution in [0.25, 0.3) is 10.9 Å². The summed E-state index contributed by atoms with van der Waals surface area (Å²) in [6.45, 7) is 6.53. The van der Waals surface area contributed by atoms with Crippen LogP contribution in [0, 0.1) is 12.8 Å². The number of benzene rings is 3. The van der Waals surface area contributed by atoms with Crippen molar-refractivity contribution in [2.24, 2.45) is 11.0 Å². The van der Waals surface area contributed by atoms with Gasteiger partial charge in [0.2, 0.25) is 0 Å². The van der Waals surface area contributed by atoms with Crippen LogP contribution < -0.4 is 10.7 Å². The zero-order valence-electron chi connectivity index (χ0n) is 20.5. The summed E-state index contributed by atoms with van der Waals surface area (Å²) in [6.07, 6.45) is 1.68. The number of hydrazone groups is 1. The molecular formula is C29H29ClN4O2. The van der Waals surface area contributed by atoms with E-state index in [0.717, 1.165) is 28.7 Å². The molecule has 1 heterocycles. The van der Waals surface area contributed by atoms with E-state index in [9.17, 15) is 9.59 Å². The zero-order valence-corrected chi connectivity index (χ0v) is 21.3. The molecule has 0 aliphatic carbocycles. The van der Waals surface area contributed by atoms with Crippen molar-refractivity contribution in [2.75, 3.05) is 0 Å². The number of rotatable bonds is 8. The Kier molecular flexibility index (Phi) is 7.86. The van der Waals surface area contributed by atoms with Crippen LogP contribution in [-0.4, -0.2) is 28.6 Å². The summed E-state index contributed by atoms with van der Waals surface area (Å²) in [7, 11) is 0. The van der Waals surface area contributed by atoms with Crippen molar-refractivity contribution in [2.45, 2.75) is 33.4 Å². The average Bonchev–Trinajstić information content (AvgIpc) is 3.14. The molecule has 1 atom stereocenters. The maximum Gasteiger partial charge on any atom is 0.262 e. The number of hydrogen-bond acceptors (Lipinski definition) is 3. The molecular weight excluding hydrogens is 472 g/mol. The van der Waals surface area contributed by atoms with Crippen molar-refractivity contribution in [1.29, 1.82) is 0 Å². The Balaban J connectivity index is 1.51. The summed E-state index contributed by atoms with van der Waals surface area (Å²) in [6, 6.07) is 24.2. The second-order valence-corrected chi connectivity index (χ2v) is 9.46. The molecule has 0 radical (unpaired) electrons. The molecule has 2 amide bonds. The first-order valence-electron chi connectivity index (χ1n) is 11.9. The molecule has 0 spiro atoms. The highest BCUT2D eigenvalue weighted by Gasteiger charge is 2.24. The lowest BCUT2D eigenvalue weighted by molar-refractivity contribution is -0.123. The van der Waals surface area contributed by atoms with Gasteiger partial charge in [-0.2, -0.15) is 5.10 Å². The van der Waals surface area contributed by atoms with Crippen molar-refractivity contribution in [3.8, 4) is 0 Å². The van der Waals surface area contributed by atoms with Crippen LogP contribution in [0.2, 0.25) is 5.02 Å². The number of carbonyl (C=O) groups excluding carboxylic acids is 2. The molecule has 7 heteroatoms. The van der Waals surface area contributed by atoms with Gasteiger partial charge in [0.05, 0.1) is 6.21 Å². The molecule has 6 nitrogen and oxygen atoms in total. The van der Waals surface area contributed by atoms with Gasteiger partial charge in [0, 0.05) is 39.3 Å². The number of aromatic nitrogens is 1. The molecule has 0 aliphatic heterocycles. The van der Waals surface area contributed by atoms with Gasteiger partial charge in [0.15, 0.2) is 0 Å². The SMILES string of the molecule is Cc1c(C=NNC(=O)C(NC(=O)c2ccc(Cl)cc2)C(C)C)c2ccccc2n1Cc1ccccc1. The molecule has 1 unspecified atom stereocenters. The van der Waals surface area contributed by atoms with Crippen LogP contribution >= 0.6 is 11.6 Å². The fourth-order valence-electron chi connectivity index (χ4n) is 4.18. The smallest absolute Gasteiger partial charge is 0.262 e. The van der Waals surface area contributed by atoms with Gasteiger partial charge in [0.25, 0.3) is 11.8 Å². The first kappa shape index (κ1) is 25.2. The predicted octanol–water partition coefficient (Wildman–Crippen LogP) is 5.56. The van der Waals surface area contributed by atoms with E-state index in [4.69, 9.17) is 11.6 Å². The van der Waals surface area contributed by atoms with E-state index in [1.807, 2.05) is 44.2 Å². The highest BCUT2D eigenvalue weighted by atomic mass is 35.5. The summed E-state index contributed by atoms with van der Waals surface area (Å²) >= 11 is 5.91. The number of nitrogens with zero attached hydrogens (tertiary/aromatic N) is 2. The molecule has 0 saturated carbocycles. The summed E-state index contributed by atoms with van der Waals surface area (Å²) in [5.74, 6) is -0.857. The average molecular weight is 501 g/mol. The maximum atomic E-state index is 12.9. The standard InChI is InChI=1S/C29H29ClN4O2/c1-19(2)27(32-28(35)22-13-15-23(30)16-14-22)29(36)33-31-17-25-20(3)34(18-21-9-5-4-6-10-21)26-12-8-7-11-24(25)26/h4-17,19,27H,18H2,1-3H3,(H,32,35)(H,33,36). The summed E-state index contributed by atoms with van der Waals surface area (Å²) < 4.78 is 2.25. The summed E-state index contributed by atoms with van der Waals surface area (Å²) in [5, 5.41) is 8.66. The Labute approximate surface area is 216 Å². The Morgan fingerprint density at radius 2 is 1.64 bits per heavy atom. The molecule has 3 aromatic carbocycles. The van der Waals surface area contributed by atoms with E-state index < -0.39 is 6.04 Å². The van der Waals surface area contributed by atoms with Gasteiger partial charge in [-0.05, 0) is 48.7 Å². The van der Waals surface area contributed by atoms with E-state index >= 15 is 0 Å². The largest absolute Gasteiger partial charge is 0.340 e. The molecule has 0 saturated heterocycles. The minimum atomic E-state index is -0.745. The van der Waals surface area contributed by atoms with Crippen LogP contribution in [0.1, 0.15) is 41.0 Å². The summed E-state index contributed by atoms with van der Waals surface area (Å²) in [5.41, 5.74) is 7.34. The van der Waals surface area contributed by atoms with E-state index in [1.54, 1.807) is 30.5 Å². The van der Waals surface area contributed by atoms with Crippen LogP contribution in [-0.2, 0) is 11.3 Å². The fourth-order valence-corrected chi connectivity index (χ4v) is 4.31. The van der Waals surface area contributed by atoms with E-state index in [-0.39, 0.29) is 17.7 Å². The maximum absolute atomic E-state index is 12.9. The number of nitrogens with one attached hydrogen (secondary N) is 2. The van der Waals surface area contributed by atoms with E-state index in [2.05, 4.69) is 51.6 Å². The monoisotopic (exact) mass is 500 g/mol. The zero-order chi connectivity index (χ0) is 25.7. The molecule has 4 rings (SSSR count). The Morgan fingerprint density at radius 3 is 2.33 bits per heavy atom. The van der Waals surface area contributed by atoms with Crippen LogP contribution in [0.15, 0.2) is 84.0 Å². The molecule has 0 bridgehead atoms. The van der Waals surface area contributed by atoms with Crippen molar-refractivity contribution < 1.29 is 9.59 Å². The number of fused-ring (bicyclic) bond motifs is 1. The van der Waals surface area contributed by atoms with Gasteiger partial charge in [-0.25, -0.2) is 5.43 Å². The number of para-hydroxylation sites is 1. The van der Waals surface area contributed by atoms with E-state index in [0.29, 0.717) is 10.6 Å². The van der Waals surface area contributed by atoms with E-state index in [1.165, 1.54) is 5.56 Å². The molecule has 36 heavy (non-hydrogen) atoms.